The van der Waals surface area contributed by atoms with Gasteiger partial charge in [0.1, 0.15) is 11.4 Å². The molecule has 0 radical (unpaired) electrons. The van der Waals surface area contributed by atoms with Gasteiger partial charge in [0.2, 0.25) is 0 Å². The average molecular weight is 323 g/mol. The summed E-state index contributed by atoms with van der Waals surface area (Å²) in [5, 5.41) is 8.53. The lowest BCUT2D eigenvalue weighted by molar-refractivity contribution is 0.354. The minimum atomic E-state index is 0.649. The highest BCUT2D eigenvalue weighted by Gasteiger charge is 2.19. The monoisotopic (exact) mass is 323 g/mol. The van der Waals surface area contributed by atoms with E-state index < -0.39 is 0 Å². The summed E-state index contributed by atoms with van der Waals surface area (Å²) in [5.74, 6) is 2.24. The molecule has 1 aliphatic heterocycles. The first-order valence-electron chi connectivity index (χ1n) is 7.70. The third kappa shape index (κ3) is 2.36. The number of hydrogen-bond donors (Lipinski definition) is 0. The molecule has 24 heavy (non-hydrogen) atoms. The number of hydrogen-bond acceptors (Lipinski definition) is 5. The quantitative estimate of drug-likeness (QED) is 0.739. The van der Waals surface area contributed by atoms with Gasteiger partial charge in [0.25, 0.3) is 0 Å². The van der Waals surface area contributed by atoms with E-state index in [2.05, 4.69) is 16.4 Å². The molecule has 0 saturated heterocycles. The van der Waals surface area contributed by atoms with Crippen molar-refractivity contribution in [1.29, 1.82) is 0 Å². The molecule has 0 aliphatic carbocycles. The van der Waals surface area contributed by atoms with Gasteiger partial charge in [0.05, 0.1) is 32.7 Å². The minimum absolute atomic E-state index is 0.649. The smallest absolute Gasteiger partial charge is 0.162 e. The summed E-state index contributed by atoms with van der Waals surface area (Å²) in [6, 6.07) is 11.7. The summed E-state index contributed by atoms with van der Waals surface area (Å²) in [7, 11) is 3.22. The molecule has 6 nitrogen and oxygen atoms in total. The number of aromatic nitrogens is 3. The molecule has 122 valence electrons. The molecule has 4 rings (SSSR count). The van der Waals surface area contributed by atoms with E-state index in [1.54, 1.807) is 18.9 Å². The fraction of sp³-hybridized carbons (Fsp3) is 0.222. The fourth-order valence-electron chi connectivity index (χ4n) is 2.90. The molecule has 0 unspecified atom stereocenters. The number of fused-ring (bicyclic) bond motifs is 1. The third-order valence-corrected chi connectivity index (χ3v) is 4.12. The number of nitrogens with zero attached hydrogens (tertiary/aromatic N) is 3. The summed E-state index contributed by atoms with van der Waals surface area (Å²) >= 11 is 0. The highest BCUT2D eigenvalue weighted by atomic mass is 16.5. The molecule has 1 aliphatic rings. The molecule has 2 heterocycles. The van der Waals surface area contributed by atoms with E-state index in [0.717, 1.165) is 35.7 Å². The Kier molecular flexibility index (Phi) is 3.57. The maximum Gasteiger partial charge on any atom is 0.162 e. The molecule has 6 heteroatoms. The molecule has 0 atom stereocenters. The van der Waals surface area contributed by atoms with Gasteiger partial charge in [-0.2, -0.15) is 0 Å². The second-order valence-electron chi connectivity index (χ2n) is 5.48. The van der Waals surface area contributed by atoms with E-state index in [0.29, 0.717) is 11.5 Å². The number of ether oxygens (including phenoxy) is 3. The van der Waals surface area contributed by atoms with Crippen LogP contribution in [0.1, 0.15) is 5.56 Å². The zero-order chi connectivity index (χ0) is 16.5. The van der Waals surface area contributed by atoms with Gasteiger partial charge in [-0.05, 0) is 23.8 Å². The Bertz CT molecular complexity index is 889. The van der Waals surface area contributed by atoms with Crippen LogP contribution in [0.2, 0.25) is 0 Å². The zero-order valence-electron chi connectivity index (χ0n) is 13.5. The van der Waals surface area contributed by atoms with Gasteiger partial charge in [0, 0.05) is 18.1 Å². The van der Waals surface area contributed by atoms with Crippen LogP contribution in [0.25, 0.3) is 16.9 Å². The SMILES string of the molecule is COc1ccc(-n2cc(-c3cccc4c3OCC4)nn2)cc1OC. The van der Waals surface area contributed by atoms with Crippen molar-refractivity contribution in [2.75, 3.05) is 20.8 Å². The Morgan fingerprint density at radius 3 is 2.79 bits per heavy atom. The van der Waals surface area contributed by atoms with Crippen LogP contribution in [0.15, 0.2) is 42.6 Å². The van der Waals surface area contributed by atoms with Gasteiger partial charge in [-0.3, -0.25) is 0 Å². The molecule has 0 amide bonds. The van der Waals surface area contributed by atoms with Crippen LogP contribution < -0.4 is 14.2 Å². The Labute approximate surface area is 139 Å². The van der Waals surface area contributed by atoms with Crippen LogP contribution in [0.3, 0.4) is 0 Å². The van der Waals surface area contributed by atoms with E-state index in [4.69, 9.17) is 14.2 Å². The van der Waals surface area contributed by atoms with Gasteiger partial charge in [-0.15, -0.1) is 5.10 Å². The third-order valence-electron chi connectivity index (χ3n) is 4.12. The number of methoxy groups -OCH3 is 2. The summed E-state index contributed by atoms with van der Waals surface area (Å²) in [5.41, 5.74) is 3.81. The minimum Gasteiger partial charge on any atom is -0.493 e. The second kappa shape index (κ2) is 5.88. The van der Waals surface area contributed by atoms with Crippen molar-refractivity contribution in [3.63, 3.8) is 0 Å². The van der Waals surface area contributed by atoms with E-state index in [-0.39, 0.29) is 0 Å². The first-order valence-corrected chi connectivity index (χ1v) is 7.70. The van der Waals surface area contributed by atoms with Crippen LogP contribution in [0.5, 0.6) is 17.2 Å². The fourth-order valence-corrected chi connectivity index (χ4v) is 2.90. The van der Waals surface area contributed by atoms with Crippen molar-refractivity contribution in [1.82, 2.24) is 15.0 Å². The lowest BCUT2D eigenvalue weighted by Gasteiger charge is -2.09. The van der Waals surface area contributed by atoms with Crippen molar-refractivity contribution in [3.8, 4) is 34.2 Å². The van der Waals surface area contributed by atoms with Gasteiger partial charge in [-0.25, -0.2) is 4.68 Å². The number of rotatable bonds is 4. The first kappa shape index (κ1) is 14.6. The number of para-hydroxylation sites is 1. The van der Waals surface area contributed by atoms with Crippen molar-refractivity contribution in [2.45, 2.75) is 6.42 Å². The van der Waals surface area contributed by atoms with Crippen molar-refractivity contribution >= 4 is 0 Å². The Hall–Kier alpha value is -3.02. The maximum atomic E-state index is 5.75. The zero-order valence-corrected chi connectivity index (χ0v) is 13.5. The second-order valence-corrected chi connectivity index (χ2v) is 5.48. The topological polar surface area (TPSA) is 58.4 Å². The van der Waals surface area contributed by atoms with Crippen LogP contribution >= 0.6 is 0 Å². The van der Waals surface area contributed by atoms with Gasteiger partial charge in [0.15, 0.2) is 11.5 Å². The molecule has 3 aromatic rings. The average Bonchev–Trinajstić information content (AvgIpc) is 3.30. The van der Waals surface area contributed by atoms with Crippen LogP contribution in [-0.2, 0) is 6.42 Å². The molecule has 0 bridgehead atoms. The first-order chi connectivity index (χ1) is 11.8. The van der Waals surface area contributed by atoms with Crippen LogP contribution in [0.4, 0.5) is 0 Å². The van der Waals surface area contributed by atoms with E-state index >= 15 is 0 Å². The van der Waals surface area contributed by atoms with Crippen molar-refractivity contribution in [3.05, 3.63) is 48.2 Å². The highest BCUT2D eigenvalue weighted by molar-refractivity contribution is 5.69. The van der Waals surface area contributed by atoms with Crippen molar-refractivity contribution < 1.29 is 14.2 Å². The largest absolute Gasteiger partial charge is 0.493 e. The molecular formula is C18H17N3O3. The predicted octanol–water partition coefficient (Wildman–Crippen LogP) is 2.89. The molecule has 0 fully saturated rings. The Morgan fingerprint density at radius 1 is 1.08 bits per heavy atom. The van der Waals surface area contributed by atoms with Gasteiger partial charge >= 0.3 is 0 Å². The summed E-state index contributed by atoms with van der Waals surface area (Å²) < 4.78 is 18.1. The van der Waals surface area contributed by atoms with Crippen LogP contribution in [0, 0.1) is 0 Å². The van der Waals surface area contributed by atoms with Crippen molar-refractivity contribution in [2.24, 2.45) is 0 Å². The molecule has 1 aromatic heterocycles. The standard InChI is InChI=1S/C18H17N3O3/c1-22-16-7-6-13(10-17(16)23-2)21-11-15(19-20-21)14-5-3-4-12-8-9-24-18(12)14/h3-7,10-11H,8-9H2,1-2H3. The number of benzene rings is 2. The molecule has 0 spiro atoms. The lowest BCUT2D eigenvalue weighted by Crippen LogP contribution is -1.97. The molecule has 0 N–H and O–H groups in total. The normalized spacial score (nSPS) is 12.6. The van der Waals surface area contributed by atoms with Gasteiger partial charge < -0.3 is 14.2 Å². The molecule has 2 aromatic carbocycles. The lowest BCUT2D eigenvalue weighted by atomic mass is 10.1. The molecule has 0 saturated carbocycles. The van der Waals surface area contributed by atoms with Gasteiger partial charge in [-0.1, -0.05) is 17.3 Å². The summed E-state index contributed by atoms with van der Waals surface area (Å²) in [6.07, 6.45) is 2.82. The predicted molar refractivity (Wildman–Crippen MR) is 89.1 cm³/mol. The Morgan fingerprint density at radius 2 is 1.96 bits per heavy atom. The van der Waals surface area contributed by atoms with E-state index in [1.165, 1.54) is 5.56 Å². The molecular weight excluding hydrogens is 306 g/mol. The summed E-state index contributed by atoms with van der Waals surface area (Å²) in [6.45, 7) is 0.718. The summed E-state index contributed by atoms with van der Waals surface area (Å²) in [4.78, 5) is 0. The van der Waals surface area contributed by atoms with E-state index in [1.807, 2.05) is 36.5 Å². The highest BCUT2D eigenvalue weighted by Crippen LogP contribution is 2.36. The Balaban J connectivity index is 1.72. The van der Waals surface area contributed by atoms with E-state index in [9.17, 15) is 0 Å². The maximum absolute atomic E-state index is 5.75. The van der Waals surface area contributed by atoms with Crippen LogP contribution in [-0.4, -0.2) is 35.8 Å².